The van der Waals surface area contributed by atoms with Gasteiger partial charge in [0.25, 0.3) is 0 Å². The van der Waals surface area contributed by atoms with Crippen molar-refractivity contribution in [3.63, 3.8) is 0 Å². The molecule has 2 aliphatic rings. The Morgan fingerprint density at radius 3 is 2.39 bits per heavy atom. The summed E-state index contributed by atoms with van der Waals surface area (Å²) in [6, 6.07) is 0. The number of allylic oxidation sites excluding steroid dienone is 1. The number of carbonyl (C=O) groups is 1. The van der Waals surface area contributed by atoms with Crippen LogP contribution in [0.5, 0.6) is 0 Å². The van der Waals surface area contributed by atoms with Gasteiger partial charge in [0.15, 0.2) is 34.7 Å². The zero-order valence-corrected chi connectivity index (χ0v) is 8.81. The number of hydrogen-bond acceptors (Lipinski definition) is 2. The molecule has 2 bridgehead atoms. The third-order valence-electron chi connectivity index (χ3n) is 3.49. The van der Waals surface area contributed by atoms with Crippen LogP contribution < -0.4 is 0 Å². The number of rotatable bonds is 0. The third-order valence-corrected chi connectivity index (χ3v) is 3.49. The highest BCUT2D eigenvalue weighted by molar-refractivity contribution is 6.00. The Kier molecular flexibility index (Phi) is 2.03. The van der Waals surface area contributed by atoms with Crippen LogP contribution in [0.1, 0.15) is 23.5 Å². The molecular formula is C12H6F4O2. The fourth-order valence-corrected chi connectivity index (χ4v) is 2.65. The average molecular weight is 258 g/mol. The highest BCUT2D eigenvalue weighted by Gasteiger charge is 2.53. The molecule has 0 fully saturated rings. The first-order valence-corrected chi connectivity index (χ1v) is 5.19. The molecule has 2 atom stereocenters. The summed E-state index contributed by atoms with van der Waals surface area (Å²) in [5.74, 6) is -8.88. The number of aliphatic hydroxyl groups is 1. The van der Waals surface area contributed by atoms with Gasteiger partial charge in [-0.3, -0.25) is 4.79 Å². The molecule has 94 valence electrons. The average Bonchev–Trinajstić information content (AvgIpc) is 2.59. The summed E-state index contributed by atoms with van der Waals surface area (Å²) in [5, 5.41) is 10.1. The van der Waals surface area contributed by atoms with E-state index < -0.39 is 51.7 Å². The lowest BCUT2D eigenvalue weighted by Crippen LogP contribution is -2.34. The van der Waals surface area contributed by atoms with Gasteiger partial charge in [0.2, 0.25) is 0 Å². The molecule has 1 aromatic rings. The number of ketones is 1. The minimum atomic E-state index is -2.30. The molecule has 0 heterocycles. The monoisotopic (exact) mass is 258 g/mol. The van der Waals surface area contributed by atoms with Crippen molar-refractivity contribution < 1.29 is 27.5 Å². The minimum Gasteiger partial charge on any atom is -0.377 e. The molecule has 0 spiro atoms. The van der Waals surface area contributed by atoms with Gasteiger partial charge in [-0.2, -0.15) is 0 Å². The van der Waals surface area contributed by atoms with Crippen LogP contribution in [-0.4, -0.2) is 10.9 Å². The van der Waals surface area contributed by atoms with E-state index in [0.717, 1.165) is 6.08 Å². The Hall–Kier alpha value is -1.69. The largest absolute Gasteiger partial charge is 0.377 e. The van der Waals surface area contributed by atoms with E-state index in [9.17, 15) is 27.5 Å². The molecule has 0 radical (unpaired) electrons. The van der Waals surface area contributed by atoms with Gasteiger partial charge in [-0.15, -0.1) is 0 Å². The van der Waals surface area contributed by atoms with Crippen LogP contribution in [0.15, 0.2) is 12.2 Å². The highest BCUT2D eigenvalue weighted by atomic mass is 19.2. The standard InChI is InChI=1S/C12H6F4O2/c13-8-6-4-1-2-5(17)12(18,3-4)7(6)9(14)11(16)10(8)15/h1-2,4,18H,3H2. The van der Waals surface area contributed by atoms with Gasteiger partial charge in [-0.1, -0.05) is 6.08 Å². The van der Waals surface area contributed by atoms with Crippen molar-refractivity contribution in [2.24, 2.45) is 0 Å². The molecule has 18 heavy (non-hydrogen) atoms. The van der Waals surface area contributed by atoms with Crippen molar-refractivity contribution in [2.45, 2.75) is 17.9 Å². The van der Waals surface area contributed by atoms with E-state index in [1.165, 1.54) is 6.08 Å². The van der Waals surface area contributed by atoms with Crippen LogP contribution in [0.25, 0.3) is 0 Å². The lowest BCUT2D eigenvalue weighted by atomic mass is 9.87. The summed E-state index contributed by atoms with van der Waals surface area (Å²) < 4.78 is 53.6. The molecule has 3 rings (SSSR count). The maximum Gasteiger partial charge on any atom is 0.197 e. The zero-order valence-electron chi connectivity index (χ0n) is 8.81. The van der Waals surface area contributed by atoms with E-state index in [2.05, 4.69) is 0 Å². The van der Waals surface area contributed by atoms with Gasteiger partial charge in [-0.05, 0) is 12.5 Å². The summed E-state index contributed by atoms with van der Waals surface area (Å²) in [6.45, 7) is 0. The normalized spacial score (nSPS) is 28.7. The number of benzene rings is 1. The lowest BCUT2D eigenvalue weighted by Gasteiger charge is -2.23. The summed E-state index contributed by atoms with van der Waals surface area (Å²) in [4.78, 5) is 11.6. The fraction of sp³-hybridized carbons (Fsp3) is 0.250. The quantitative estimate of drug-likeness (QED) is 0.439. The van der Waals surface area contributed by atoms with Crippen molar-refractivity contribution >= 4 is 5.78 Å². The van der Waals surface area contributed by atoms with Crippen LogP contribution >= 0.6 is 0 Å². The molecular weight excluding hydrogens is 252 g/mol. The Labute approximate surface area is 98.5 Å². The molecule has 1 N–H and O–H groups in total. The molecule has 0 amide bonds. The van der Waals surface area contributed by atoms with Crippen molar-refractivity contribution in [3.05, 3.63) is 46.5 Å². The Balaban J connectivity index is 2.45. The molecule has 0 aromatic heterocycles. The van der Waals surface area contributed by atoms with Gasteiger partial charge in [0.05, 0.1) is 0 Å². The highest BCUT2D eigenvalue weighted by Crippen LogP contribution is 2.51. The number of halogens is 4. The molecule has 1 aromatic carbocycles. The van der Waals surface area contributed by atoms with E-state index >= 15 is 0 Å². The third kappa shape index (κ3) is 1.09. The van der Waals surface area contributed by atoms with Gasteiger partial charge < -0.3 is 5.11 Å². The first kappa shape index (κ1) is 11.4. The molecule has 2 nitrogen and oxygen atoms in total. The van der Waals surface area contributed by atoms with Crippen molar-refractivity contribution in [1.29, 1.82) is 0 Å². The van der Waals surface area contributed by atoms with Crippen molar-refractivity contribution in [1.82, 2.24) is 0 Å². The first-order chi connectivity index (χ1) is 8.38. The van der Waals surface area contributed by atoms with Crippen LogP contribution in [-0.2, 0) is 10.4 Å². The molecule has 6 heteroatoms. The van der Waals surface area contributed by atoms with Crippen LogP contribution in [0.4, 0.5) is 17.6 Å². The maximum absolute atomic E-state index is 13.7. The van der Waals surface area contributed by atoms with E-state index in [-0.39, 0.29) is 6.42 Å². The Morgan fingerprint density at radius 1 is 1.11 bits per heavy atom. The molecule has 2 aliphatic carbocycles. The predicted octanol–water partition coefficient (Wildman–Crippen LogP) is 2.06. The molecule has 0 aliphatic heterocycles. The van der Waals surface area contributed by atoms with Crippen LogP contribution in [0.3, 0.4) is 0 Å². The summed E-state index contributed by atoms with van der Waals surface area (Å²) >= 11 is 0. The molecule has 0 saturated carbocycles. The molecule has 0 saturated heterocycles. The minimum absolute atomic E-state index is 0.297. The fourth-order valence-electron chi connectivity index (χ4n) is 2.65. The zero-order chi connectivity index (χ0) is 13.2. The number of carbonyl (C=O) groups excluding carboxylic acids is 1. The van der Waals surface area contributed by atoms with E-state index in [1.54, 1.807) is 0 Å². The van der Waals surface area contributed by atoms with E-state index in [0.29, 0.717) is 0 Å². The summed E-state index contributed by atoms with van der Waals surface area (Å²) in [7, 11) is 0. The van der Waals surface area contributed by atoms with Gasteiger partial charge in [0.1, 0.15) is 0 Å². The number of hydrogen-bond donors (Lipinski definition) is 1. The predicted molar refractivity (Wildman–Crippen MR) is 51.7 cm³/mol. The van der Waals surface area contributed by atoms with Gasteiger partial charge in [-0.25, -0.2) is 17.6 Å². The van der Waals surface area contributed by atoms with Gasteiger partial charge in [0, 0.05) is 17.0 Å². The van der Waals surface area contributed by atoms with Crippen LogP contribution in [0.2, 0.25) is 0 Å². The number of fused-ring (bicyclic) bond motifs is 5. The van der Waals surface area contributed by atoms with Crippen molar-refractivity contribution in [3.8, 4) is 0 Å². The first-order valence-electron chi connectivity index (χ1n) is 5.19. The molecule has 2 unspecified atom stereocenters. The Bertz CT molecular complexity index is 623. The summed E-state index contributed by atoms with van der Waals surface area (Å²) in [6.07, 6.45) is 1.93. The van der Waals surface area contributed by atoms with Gasteiger partial charge >= 0.3 is 0 Å². The van der Waals surface area contributed by atoms with E-state index in [1.807, 2.05) is 0 Å². The van der Waals surface area contributed by atoms with Crippen LogP contribution in [0, 0.1) is 23.3 Å². The Morgan fingerprint density at radius 2 is 1.72 bits per heavy atom. The second-order valence-corrected chi connectivity index (χ2v) is 4.44. The second-order valence-electron chi connectivity index (χ2n) is 4.44. The SMILES string of the molecule is O=C1C=CC2CC1(O)c1c(F)c(F)c(F)c(F)c12. The van der Waals surface area contributed by atoms with Crippen molar-refractivity contribution in [2.75, 3.05) is 0 Å². The maximum atomic E-state index is 13.7. The topological polar surface area (TPSA) is 37.3 Å². The smallest absolute Gasteiger partial charge is 0.197 e. The lowest BCUT2D eigenvalue weighted by molar-refractivity contribution is -0.134. The second kappa shape index (κ2) is 3.20. The summed E-state index contributed by atoms with van der Waals surface area (Å²) in [5.41, 5.74) is -3.55. The van der Waals surface area contributed by atoms with E-state index in [4.69, 9.17) is 0 Å².